The first kappa shape index (κ1) is 6.53. The number of rotatable bonds is 2. The highest BCUT2D eigenvalue weighted by atomic mass is 16.5. The fraction of sp³-hybridized carbons (Fsp3) is 0.455. The monoisotopic (exact) mass is 160 g/mol. The van der Waals surface area contributed by atoms with Crippen molar-refractivity contribution in [3.63, 3.8) is 0 Å². The van der Waals surface area contributed by atoms with Gasteiger partial charge in [-0.1, -0.05) is 12.1 Å². The first-order valence-electron chi connectivity index (χ1n) is 4.74. The van der Waals surface area contributed by atoms with Gasteiger partial charge in [0.2, 0.25) is 0 Å². The molecule has 1 nitrogen and oxygen atoms in total. The lowest BCUT2D eigenvalue weighted by atomic mass is 9.92. The highest BCUT2D eigenvalue weighted by Gasteiger charge is 2.23. The predicted molar refractivity (Wildman–Crippen MR) is 48.3 cm³/mol. The summed E-state index contributed by atoms with van der Waals surface area (Å²) in [6.07, 6.45) is 5.71. The third kappa shape index (κ3) is 0.795. The second-order valence-electron chi connectivity index (χ2n) is 3.74. The van der Waals surface area contributed by atoms with Crippen LogP contribution in [0.25, 0.3) is 11.1 Å². The second-order valence-corrected chi connectivity index (χ2v) is 3.74. The second kappa shape index (κ2) is 2.25. The van der Waals surface area contributed by atoms with Gasteiger partial charge < -0.3 is 4.74 Å². The van der Waals surface area contributed by atoms with E-state index in [1.54, 1.807) is 0 Å². The molecule has 0 heterocycles. The Morgan fingerprint density at radius 2 is 2.00 bits per heavy atom. The van der Waals surface area contributed by atoms with Crippen LogP contribution in [0.3, 0.4) is 0 Å². The minimum Gasteiger partial charge on any atom is -0.490 e. The van der Waals surface area contributed by atoms with Gasteiger partial charge in [0.1, 0.15) is 5.75 Å². The molecule has 0 atom stereocenters. The molecule has 0 spiro atoms. The largest absolute Gasteiger partial charge is 0.490 e. The van der Waals surface area contributed by atoms with E-state index in [0.717, 1.165) is 5.75 Å². The maximum atomic E-state index is 5.83. The summed E-state index contributed by atoms with van der Waals surface area (Å²) in [6, 6.07) is 6.42. The van der Waals surface area contributed by atoms with Crippen molar-refractivity contribution >= 4 is 0 Å². The number of hydrogen-bond donors (Lipinski definition) is 0. The normalized spacial score (nSPS) is 19.7. The lowest BCUT2D eigenvalue weighted by Crippen LogP contribution is -2.13. The van der Waals surface area contributed by atoms with Gasteiger partial charge in [-0.05, 0) is 37.3 Å². The van der Waals surface area contributed by atoms with Crippen molar-refractivity contribution < 1.29 is 4.74 Å². The molecular formula is C11H12O. The van der Waals surface area contributed by atoms with Crippen molar-refractivity contribution in [2.45, 2.75) is 31.8 Å². The molecular weight excluding hydrogens is 148 g/mol. The van der Waals surface area contributed by atoms with Gasteiger partial charge in [-0.25, -0.2) is 0 Å². The molecule has 0 radical (unpaired) electrons. The number of hydrogen-bond acceptors (Lipinski definition) is 1. The highest BCUT2D eigenvalue weighted by molar-refractivity contribution is 5.84. The van der Waals surface area contributed by atoms with Crippen LogP contribution in [-0.4, -0.2) is 6.10 Å². The lowest BCUT2D eigenvalue weighted by Gasteiger charge is -2.24. The summed E-state index contributed by atoms with van der Waals surface area (Å²) in [7, 11) is 0. The van der Waals surface area contributed by atoms with Gasteiger partial charge in [-0.2, -0.15) is 0 Å². The molecule has 1 fully saturated rings. The summed E-state index contributed by atoms with van der Waals surface area (Å²) in [5, 5.41) is 0. The molecule has 0 N–H and O–H groups in total. The molecule has 0 saturated heterocycles. The highest BCUT2D eigenvalue weighted by Crippen LogP contribution is 2.44. The molecule has 0 bridgehead atoms. The van der Waals surface area contributed by atoms with E-state index in [4.69, 9.17) is 4.74 Å². The summed E-state index contributed by atoms with van der Waals surface area (Å²) in [5.41, 5.74) is 2.73. The third-order valence-corrected chi connectivity index (χ3v) is 2.89. The van der Waals surface area contributed by atoms with Crippen molar-refractivity contribution in [2.24, 2.45) is 0 Å². The van der Waals surface area contributed by atoms with Gasteiger partial charge in [-0.15, -0.1) is 0 Å². The Balaban J connectivity index is 1.70. The summed E-state index contributed by atoms with van der Waals surface area (Å²) in [6.45, 7) is 0. The Morgan fingerprint density at radius 1 is 1.17 bits per heavy atom. The Kier molecular flexibility index (Phi) is 1.23. The SMILES string of the molecule is c1cc2c(OC3CCCC3)cc1-2. The molecule has 1 saturated carbocycles. The zero-order valence-corrected chi connectivity index (χ0v) is 7.05. The lowest BCUT2D eigenvalue weighted by molar-refractivity contribution is 0.209. The zero-order valence-electron chi connectivity index (χ0n) is 7.05. The molecule has 12 heavy (non-hydrogen) atoms. The molecule has 0 aromatic rings. The van der Waals surface area contributed by atoms with Crippen LogP contribution in [0.5, 0.6) is 5.75 Å². The zero-order chi connectivity index (χ0) is 7.97. The van der Waals surface area contributed by atoms with Crippen LogP contribution in [0.2, 0.25) is 0 Å². The van der Waals surface area contributed by atoms with Gasteiger partial charge in [-0.3, -0.25) is 0 Å². The topological polar surface area (TPSA) is 9.23 Å². The standard InChI is InChI=1S/C11H12O/c1-2-4-9(3-1)12-11-7-8-5-6-10(8)11/h5-7,9H,1-4H2. The van der Waals surface area contributed by atoms with E-state index in [0.29, 0.717) is 6.10 Å². The Bertz CT molecular complexity index is 311. The molecule has 0 aromatic carbocycles. The van der Waals surface area contributed by atoms with Crippen LogP contribution in [0.4, 0.5) is 0 Å². The van der Waals surface area contributed by atoms with Crippen LogP contribution >= 0.6 is 0 Å². The van der Waals surface area contributed by atoms with Gasteiger partial charge in [0, 0.05) is 5.56 Å². The third-order valence-electron chi connectivity index (χ3n) is 2.89. The van der Waals surface area contributed by atoms with Crippen molar-refractivity contribution in [1.29, 1.82) is 0 Å². The van der Waals surface area contributed by atoms with Gasteiger partial charge in [0.15, 0.2) is 0 Å². The van der Waals surface area contributed by atoms with Crippen LogP contribution in [0.1, 0.15) is 25.7 Å². The fourth-order valence-corrected chi connectivity index (χ4v) is 2.04. The van der Waals surface area contributed by atoms with Crippen molar-refractivity contribution in [2.75, 3.05) is 0 Å². The first-order chi connectivity index (χ1) is 5.93. The fourth-order valence-electron chi connectivity index (χ4n) is 2.04. The average Bonchev–Trinajstić information content (AvgIpc) is 2.51. The molecule has 0 aliphatic heterocycles. The molecule has 0 unspecified atom stereocenters. The minimum atomic E-state index is 0.513. The maximum Gasteiger partial charge on any atom is 0.128 e. The molecule has 3 aliphatic carbocycles. The Labute approximate surface area is 72.4 Å². The van der Waals surface area contributed by atoms with E-state index in [9.17, 15) is 0 Å². The maximum absolute atomic E-state index is 5.83. The summed E-state index contributed by atoms with van der Waals surface area (Å²) < 4.78 is 5.83. The van der Waals surface area contributed by atoms with E-state index in [2.05, 4.69) is 18.2 Å². The average molecular weight is 160 g/mol. The summed E-state index contributed by atoms with van der Waals surface area (Å²) in [4.78, 5) is 0. The van der Waals surface area contributed by atoms with Crippen molar-refractivity contribution in [3.05, 3.63) is 18.2 Å². The van der Waals surface area contributed by atoms with Crippen LogP contribution in [0, 0.1) is 0 Å². The van der Waals surface area contributed by atoms with Gasteiger partial charge in [0.05, 0.1) is 6.10 Å². The smallest absolute Gasteiger partial charge is 0.128 e. The molecule has 3 rings (SSSR count). The van der Waals surface area contributed by atoms with E-state index >= 15 is 0 Å². The number of benzene rings is 1. The van der Waals surface area contributed by atoms with Crippen molar-refractivity contribution in [3.8, 4) is 16.9 Å². The van der Waals surface area contributed by atoms with Gasteiger partial charge in [0.25, 0.3) is 0 Å². The van der Waals surface area contributed by atoms with Gasteiger partial charge >= 0.3 is 0 Å². The van der Waals surface area contributed by atoms with E-state index in [1.807, 2.05) is 0 Å². The molecule has 3 aliphatic rings. The Morgan fingerprint density at radius 3 is 2.50 bits per heavy atom. The van der Waals surface area contributed by atoms with Crippen molar-refractivity contribution in [1.82, 2.24) is 0 Å². The number of fused-ring (bicyclic) bond motifs is 1. The quantitative estimate of drug-likeness (QED) is 0.656. The Hall–Kier alpha value is -0.980. The van der Waals surface area contributed by atoms with Crippen LogP contribution in [-0.2, 0) is 0 Å². The summed E-state index contributed by atoms with van der Waals surface area (Å²) in [5.74, 6) is 1.14. The number of ether oxygens (including phenoxy) is 1. The van der Waals surface area contributed by atoms with E-state index in [1.165, 1.54) is 36.8 Å². The molecule has 1 heteroatoms. The molecule has 0 amide bonds. The summed E-state index contributed by atoms with van der Waals surface area (Å²) >= 11 is 0. The van der Waals surface area contributed by atoms with Crippen LogP contribution < -0.4 is 4.74 Å². The minimum absolute atomic E-state index is 0.513. The predicted octanol–water partition coefficient (Wildman–Crippen LogP) is 2.99. The van der Waals surface area contributed by atoms with Crippen LogP contribution in [0.15, 0.2) is 18.2 Å². The molecule has 0 aromatic heterocycles. The van der Waals surface area contributed by atoms with E-state index < -0.39 is 0 Å². The molecule has 62 valence electrons. The van der Waals surface area contributed by atoms with E-state index in [-0.39, 0.29) is 0 Å². The first-order valence-corrected chi connectivity index (χ1v) is 4.74.